The molecule has 1 aromatic heterocycles. The number of aliphatic hydroxyl groups is 4. The van der Waals surface area contributed by atoms with E-state index in [2.05, 4.69) is 25.6 Å². The first-order chi connectivity index (χ1) is 42.3. The average molecular weight is 1260 g/mol. The van der Waals surface area contributed by atoms with Crippen LogP contribution in [0.25, 0.3) is 0 Å². The fraction of sp³-hybridized carbons (Fsp3) is 0.750. The van der Waals surface area contributed by atoms with Gasteiger partial charge in [-0.25, -0.2) is 22.1 Å². The summed E-state index contributed by atoms with van der Waals surface area (Å²) in [4.78, 5) is 112. The summed E-state index contributed by atoms with van der Waals surface area (Å²) in [6.45, 7) is 23.7. The fourth-order valence-electron chi connectivity index (χ4n) is 15.8. The van der Waals surface area contributed by atoms with Crippen LogP contribution in [0.1, 0.15) is 171 Å². The summed E-state index contributed by atoms with van der Waals surface area (Å²) in [5, 5.41) is 73.2. The molecule has 22 heteroatoms. The highest BCUT2D eigenvalue weighted by Gasteiger charge is 2.61. The van der Waals surface area contributed by atoms with E-state index < -0.39 is 142 Å². The molecule has 1 aromatic carbocycles. The predicted octanol–water partition coefficient (Wildman–Crippen LogP) is 10.6. The Kier molecular flexibility index (Phi) is 27.7. The lowest BCUT2D eigenvalue weighted by Crippen LogP contribution is -2.61. The van der Waals surface area contributed by atoms with Gasteiger partial charge >= 0.3 is 0 Å². The summed E-state index contributed by atoms with van der Waals surface area (Å²) >= 11 is 0. The van der Waals surface area contributed by atoms with Crippen molar-refractivity contribution in [1.82, 2.24) is 9.78 Å². The molecule has 0 amide bonds. The van der Waals surface area contributed by atoms with Crippen LogP contribution in [-0.2, 0) is 51.3 Å². The van der Waals surface area contributed by atoms with Gasteiger partial charge in [0, 0.05) is 60.0 Å². The summed E-state index contributed by atoms with van der Waals surface area (Å²) in [5.41, 5.74) is 28.0. The largest absolute Gasteiger partial charge is 0.392 e. The molecular formula is C68H106N10O12. The maximum absolute atomic E-state index is 14.7. The lowest BCUT2D eigenvalue weighted by molar-refractivity contribution is -0.153. The number of hydrogen-bond donors (Lipinski definition) is 8. The first-order valence-corrected chi connectivity index (χ1v) is 32.3. The molecule has 0 radical (unpaired) electrons. The summed E-state index contributed by atoms with van der Waals surface area (Å²) in [7, 11) is 0. The number of aromatic nitrogens is 2. The molecule has 0 spiro atoms. The lowest BCUT2D eigenvalue weighted by atomic mass is 9.54. The normalized spacial score (nSPS) is 38.1. The van der Waals surface area contributed by atoms with Crippen molar-refractivity contribution in [1.29, 1.82) is 22.1 Å². The van der Waals surface area contributed by atoms with Crippen molar-refractivity contribution in [2.24, 2.45) is 127 Å². The molecule has 22 unspecified atom stereocenters. The molecule has 8 N–H and O–H groups in total. The molecule has 0 bridgehead atoms. The highest BCUT2D eigenvalue weighted by Crippen LogP contribution is 2.53. The summed E-state index contributed by atoms with van der Waals surface area (Å²) in [6, 6.07) is 7.22. The van der Waals surface area contributed by atoms with Crippen molar-refractivity contribution in [3.8, 4) is 0 Å². The fourth-order valence-corrected chi connectivity index (χ4v) is 15.8. The number of carbonyl (C=O) groups excluding carboxylic acids is 8. The number of carbonyl (C=O) groups is 8. The SMILES string of the molecule is CC(C)CC1C(C=O)C(O)C(C)C(C=O)C(C)(N=N)C(CC(C)C)C(C=O)C(O)CC(C=O)C(C)(N=N)C(CC(C)C)C(C=O)C(O)(Cc2ccc(Cn3cc(C4CC4)cn3)cc2)C(C)C(C=O)C(C)(N=N)C(CC(C)C)C(C=O)C(O)CC(C=O)C1(C)N=N. The molecule has 0 aliphatic heterocycles. The first kappa shape index (κ1) is 76.5. The number of nitrogens with zero attached hydrogens (tertiary/aromatic N) is 6. The summed E-state index contributed by atoms with van der Waals surface area (Å²) in [6.07, 6.45) is 2.98. The van der Waals surface area contributed by atoms with Gasteiger partial charge < -0.3 is 58.8 Å². The third kappa shape index (κ3) is 16.4. The van der Waals surface area contributed by atoms with E-state index in [0.717, 1.165) is 24.0 Å². The topological polar surface area (TPSA) is 380 Å². The minimum absolute atomic E-state index is 0.00400. The van der Waals surface area contributed by atoms with E-state index in [1.807, 2.05) is 70.8 Å². The van der Waals surface area contributed by atoms with E-state index in [-0.39, 0.29) is 55.8 Å². The number of aliphatic hydroxyl groups excluding tert-OH is 3. The highest BCUT2D eigenvalue weighted by atomic mass is 16.3. The van der Waals surface area contributed by atoms with Crippen LogP contribution in [0.15, 0.2) is 57.1 Å². The van der Waals surface area contributed by atoms with E-state index in [9.17, 15) is 58.8 Å². The van der Waals surface area contributed by atoms with Crippen LogP contribution in [0, 0.1) is 129 Å². The van der Waals surface area contributed by atoms with Gasteiger partial charge in [0.05, 0.1) is 58.8 Å². The predicted molar refractivity (Wildman–Crippen MR) is 336 cm³/mol. The van der Waals surface area contributed by atoms with Gasteiger partial charge in [-0.2, -0.15) is 25.6 Å². The van der Waals surface area contributed by atoms with E-state index in [4.69, 9.17) is 22.1 Å². The van der Waals surface area contributed by atoms with Crippen LogP contribution in [0.4, 0.5) is 0 Å². The second-order valence-electron chi connectivity index (χ2n) is 29.4. The molecule has 22 nitrogen and oxygen atoms in total. The Morgan fingerprint density at radius 1 is 0.533 bits per heavy atom. The molecule has 2 aliphatic carbocycles. The number of nitrogens with one attached hydrogen (secondary N) is 4. The van der Waals surface area contributed by atoms with Crippen LogP contribution in [0.3, 0.4) is 0 Å². The van der Waals surface area contributed by atoms with Crippen LogP contribution in [-0.4, -0.2) is 127 Å². The van der Waals surface area contributed by atoms with E-state index in [1.54, 1.807) is 26.0 Å². The zero-order valence-corrected chi connectivity index (χ0v) is 55.6. The molecule has 2 aromatic rings. The van der Waals surface area contributed by atoms with E-state index in [0.29, 0.717) is 68.3 Å². The van der Waals surface area contributed by atoms with Crippen LogP contribution >= 0.6 is 0 Å². The zero-order valence-electron chi connectivity index (χ0n) is 55.6. The minimum atomic E-state index is -2.40. The maximum atomic E-state index is 14.7. The maximum Gasteiger partial charge on any atom is 0.126 e. The molecule has 500 valence electrons. The summed E-state index contributed by atoms with van der Waals surface area (Å²) in [5.74, 6) is -20.7. The van der Waals surface area contributed by atoms with Crippen molar-refractivity contribution in [2.45, 2.75) is 213 Å². The average Bonchev–Trinajstić information content (AvgIpc) is 0.959. The Morgan fingerprint density at radius 3 is 1.28 bits per heavy atom. The quantitative estimate of drug-likeness (QED) is 0.0339. The van der Waals surface area contributed by atoms with Crippen LogP contribution < -0.4 is 0 Å². The Labute approximate surface area is 532 Å². The van der Waals surface area contributed by atoms with Crippen LogP contribution in [0.5, 0.6) is 0 Å². The Bertz CT molecular complexity index is 2760. The van der Waals surface area contributed by atoms with Crippen molar-refractivity contribution < 1.29 is 58.8 Å². The van der Waals surface area contributed by atoms with Gasteiger partial charge in [-0.3, -0.25) is 4.68 Å². The standard InChI is InChI=1S/C68H106N10O12/c1-39(2)21-54-51(33-81)62(88)26-50(32-80)65(12,75-70)57(24-42(7)8)60(38-86)68(90,27-45-15-17-46(18-16-45)29-78-30-48(28-73-78)47-19-20-47)44(10)59(37-85)67(14,77-72)55(22-40(3)4)52(34-82)61(87)25-49(31-79)64(11,74-69)56(23-41(5)6)53(35-83)63(89)43(9)58(36-84)66(54,13)76-71/h15-18,28,30-44,47,49-63,69-72,87-90H,19-27,29H2,1-14H3. The van der Waals surface area contributed by atoms with Crippen molar-refractivity contribution >= 4 is 50.3 Å². The number of rotatable bonds is 25. The molecule has 1 heterocycles. The van der Waals surface area contributed by atoms with Crippen molar-refractivity contribution in [3.63, 3.8) is 0 Å². The lowest BCUT2D eigenvalue weighted by Gasteiger charge is -2.52. The second kappa shape index (κ2) is 32.5. The number of aldehydes is 8. The molecular weight excluding hydrogens is 1150 g/mol. The number of benzene rings is 1. The third-order valence-electron chi connectivity index (χ3n) is 21.6. The smallest absolute Gasteiger partial charge is 0.126 e. The van der Waals surface area contributed by atoms with E-state index >= 15 is 0 Å². The van der Waals surface area contributed by atoms with Crippen molar-refractivity contribution in [2.75, 3.05) is 0 Å². The van der Waals surface area contributed by atoms with Gasteiger partial charge in [-0.05, 0) is 161 Å². The molecule has 2 aliphatic rings. The Balaban J connectivity index is 2.21. The number of hydrogen-bond acceptors (Lipinski definition) is 21. The van der Waals surface area contributed by atoms with Gasteiger partial charge in [0.15, 0.2) is 0 Å². The second-order valence-corrected chi connectivity index (χ2v) is 29.4. The van der Waals surface area contributed by atoms with Gasteiger partial charge in [0.1, 0.15) is 50.3 Å². The highest BCUT2D eigenvalue weighted by molar-refractivity contribution is 5.65. The minimum Gasteiger partial charge on any atom is -0.392 e. The zero-order chi connectivity index (χ0) is 68.0. The molecule has 0 saturated heterocycles. The van der Waals surface area contributed by atoms with Gasteiger partial charge in [-0.1, -0.05) is 93.5 Å². The molecule has 4 rings (SSSR count). The Morgan fingerprint density at radius 2 is 0.911 bits per heavy atom. The Hall–Kier alpha value is -5.97. The monoisotopic (exact) mass is 1250 g/mol. The molecule has 90 heavy (non-hydrogen) atoms. The molecule has 22 atom stereocenters. The van der Waals surface area contributed by atoms with Crippen molar-refractivity contribution in [3.05, 3.63) is 53.3 Å². The van der Waals surface area contributed by atoms with Gasteiger partial charge in [0.2, 0.25) is 0 Å². The van der Waals surface area contributed by atoms with Gasteiger partial charge in [0.25, 0.3) is 0 Å². The van der Waals surface area contributed by atoms with Gasteiger partial charge in [-0.15, -0.1) is 0 Å². The molecule has 2 saturated carbocycles. The van der Waals surface area contributed by atoms with E-state index in [1.165, 1.54) is 41.5 Å². The molecule has 2 fully saturated rings. The van der Waals surface area contributed by atoms with Crippen LogP contribution in [0.2, 0.25) is 0 Å². The first-order valence-electron chi connectivity index (χ1n) is 32.3. The third-order valence-corrected chi connectivity index (χ3v) is 21.6. The summed E-state index contributed by atoms with van der Waals surface area (Å²) < 4.78 is 1.83.